The highest BCUT2D eigenvalue weighted by molar-refractivity contribution is 6.30. The highest BCUT2D eigenvalue weighted by Gasteiger charge is 2.35. The van der Waals surface area contributed by atoms with Crippen LogP contribution >= 0.6 is 23.2 Å². The van der Waals surface area contributed by atoms with Gasteiger partial charge in [0.25, 0.3) is 0 Å². The van der Waals surface area contributed by atoms with Gasteiger partial charge in [-0.3, -0.25) is 29.1 Å². The van der Waals surface area contributed by atoms with Crippen molar-refractivity contribution >= 4 is 68.1 Å². The van der Waals surface area contributed by atoms with Crippen LogP contribution in [-0.4, -0.2) is 51.4 Å². The van der Waals surface area contributed by atoms with Gasteiger partial charge in [-0.15, -0.1) is 0 Å². The van der Waals surface area contributed by atoms with Crippen LogP contribution in [0.4, 0.5) is 8.78 Å². The molecule has 8 nitrogen and oxygen atoms in total. The number of pyridine rings is 2. The molecule has 446 valence electrons. The number of benzene rings is 7. The molecule has 9 aromatic rings. The number of nitrogens with zero attached hydrogens (tertiary/aromatic N) is 2. The number of aliphatic hydroxyl groups excluding tert-OH is 1. The van der Waals surface area contributed by atoms with E-state index in [4.69, 9.17) is 33.0 Å². The maximum absolute atomic E-state index is 14.1. The second kappa shape index (κ2) is 30.3. The zero-order valence-electron chi connectivity index (χ0n) is 48.8. The predicted octanol–water partition coefficient (Wildman–Crippen LogP) is 16.4. The molecule has 2 aliphatic rings. The number of carbonyl (C=O) groups excluding carboxylic acids is 4. The van der Waals surface area contributed by atoms with Crippen LogP contribution in [0.5, 0.6) is 0 Å². The summed E-state index contributed by atoms with van der Waals surface area (Å²) < 4.78 is 33.8. The van der Waals surface area contributed by atoms with Crippen molar-refractivity contribution in [1.82, 2.24) is 9.97 Å². The Kier molecular flexibility index (Phi) is 21.8. The highest BCUT2D eigenvalue weighted by Crippen LogP contribution is 2.44. The summed E-state index contributed by atoms with van der Waals surface area (Å²) >= 11 is 12.2. The van der Waals surface area contributed by atoms with Crippen molar-refractivity contribution in [2.24, 2.45) is 23.7 Å². The molecule has 0 spiro atoms. The summed E-state index contributed by atoms with van der Waals surface area (Å²) in [6.45, 7) is 0.0251. The molecule has 12 heteroatoms. The third-order valence-corrected chi connectivity index (χ3v) is 18.3. The fourth-order valence-electron chi connectivity index (χ4n) is 13.1. The van der Waals surface area contributed by atoms with Crippen molar-refractivity contribution in [1.29, 1.82) is 0 Å². The number of carbonyl (C=O) groups is 4. The minimum Gasteiger partial charge on any atom is -0.389 e. The molecular weight excluding hydrogens is 1130 g/mol. The molecule has 2 heterocycles. The average molecular weight is 1210 g/mol. The first kappa shape index (κ1) is 62.5. The van der Waals surface area contributed by atoms with E-state index in [2.05, 4.69) is 22.1 Å². The molecule has 87 heavy (non-hydrogen) atoms. The standard InChI is InChI=1S/C41H39ClFNO3.C34H33ClFNO3/c42-34-16-10-30(11-17-34)24-41(46)38(33-14-12-32(13-15-33)37-20-21-44-40-19-18-35(43)25-39(37)40)23-29-8-6-28(7-9-29)22-36(45)27-47-26-31-4-2-1-3-5-31;35-27-11-5-24(6-12-27)19-34(40)31(18-23-3-1-22(2-4-23)17-29(39)21-38)26-9-7-25(8-10-26)30-15-16-37-33-14-13-28(36)20-32(30)33/h1-11,16-21,25,32-33,38H,12-15,22-24,26-27H2;1-6,11-16,20,25-26,31,38H,7-10,17-19,21H2. The third kappa shape index (κ3) is 17.4. The molecule has 2 fully saturated rings. The quantitative estimate of drug-likeness (QED) is 0.0672. The molecule has 0 aliphatic heterocycles. The van der Waals surface area contributed by atoms with E-state index in [0.29, 0.717) is 60.6 Å². The number of Topliss-reactive ketones (excluding diaryl/α,β-unsaturated/α-hetero) is 4. The van der Waals surface area contributed by atoms with Crippen LogP contribution in [0.2, 0.25) is 10.0 Å². The van der Waals surface area contributed by atoms with Crippen molar-refractivity contribution in [3.63, 3.8) is 0 Å². The molecule has 0 bridgehead atoms. The lowest BCUT2D eigenvalue weighted by molar-refractivity contribution is -0.125. The van der Waals surface area contributed by atoms with Crippen LogP contribution in [-0.2, 0) is 69.0 Å². The van der Waals surface area contributed by atoms with Crippen LogP contribution in [0.1, 0.15) is 113 Å². The molecule has 1 N–H and O–H groups in total. The van der Waals surface area contributed by atoms with Crippen LogP contribution in [0.15, 0.2) is 188 Å². The van der Waals surface area contributed by atoms with E-state index >= 15 is 0 Å². The summed E-state index contributed by atoms with van der Waals surface area (Å²) in [4.78, 5) is 60.8. The molecule has 2 unspecified atom stereocenters. The van der Waals surface area contributed by atoms with Crippen molar-refractivity contribution < 1.29 is 37.8 Å². The first-order chi connectivity index (χ1) is 42.3. The topological polar surface area (TPSA) is 124 Å². The van der Waals surface area contributed by atoms with E-state index in [1.54, 1.807) is 30.5 Å². The minimum absolute atomic E-state index is 0.0335. The molecule has 2 saturated carbocycles. The number of fused-ring (bicyclic) bond motifs is 2. The van der Waals surface area contributed by atoms with Gasteiger partial charge in [-0.25, -0.2) is 8.78 Å². The number of hydrogen-bond donors (Lipinski definition) is 1. The Bertz CT molecular complexity index is 3770. The number of halogens is 4. The third-order valence-electron chi connectivity index (χ3n) is 17.8. The normalized spacial score (nSPS) is 17.4. The first-order valence-electron chi connectivity index (χ1n) is 30.3. The highest BCUT2D eigenvalue weighted by atomic mass is 35.5. The Balaban J connectivity index is 0.000000195. The Morgan fingerprint density at radius 3 is 1.28 bits per heavy atom. The molecule has 0 radical (unpaired) electrons. The molecule has 2 aromatic heterocycles. The van der Waals surface area contributed by atoms with E-state index < -0.39 is 6.61 Å². The van der Waals surface area contributed by atoms with E-state index in [9.17, 15) is 28.0 Å². The molecule has 0 saturated heterocycles. The Labute approximate surface area is 518 Å². The zero-order valence-corrected chi connectivity index (χ0v) is 50.3. The average Bonchev–Trinajstić information content (AvgIpc) is 3.47. The maximum atomic E-state index is 14.1. The molecule has 2 atom stereocenters. The minimum atomic E-state index is -0.462. The van der Waals surface area contributed by atoms with Gasteiger partial charge >= 0.3 is 0 Å². The van der Waals surface area contributed by atoms with Gasteiger partial charge in [-0.1, -0.05) is 126 Å². The van der Waals surface area contributed by atoms with Gasteiger partial charge in [-0.05, 0) is 211 Å². The van der Waals surface area contributed by atoms with E-state index in [0.717, 1.165) is 123 Å². The van der Waals surface area contributed by atoms with Gasteiger partial charge in [-0.2, -0.15) is 0 Å². The summed E-state index contributed by atoms with van der Waals surface area (Å²) in [5.41, 5.74) is 10.8. The van der Waals surface area contributed by atoms with Gasteiger partial charge in [0.15, 0.2) is 11.6 Å². The number of hydrogen-bond acceptors (Lipinski definition) is 8. The number of aromatic nitrogens is 2. The number of rotatable bonds is 23. The van der Waals surface area contributed by atoms with Gasteiger partial charge in [0.1, 0.15) is 36.4 Å². The van der Waals surface area contributed by atoms with Gasteiger partial charge in [0.2, 0.25) is 0 Å². The second-order valence-corrected chi connectivity index (χ2v) is 24.6. The summed E-state index contributed by atoms with van der Waals surface area (Å²) in [7, 11) is 0. The van der Waals surface area contributed by atoms with Crippen molar-refractivity contribution in [3.05, 3.63) is 260 Å². The van der Waals surface area contributed by atoms with Crippen molar-refractivity contribution in [3.8, 4) is 0 Å². The predicted molar refractivity (Wildman–Crippen MR) is 341 cm³/mol. The van der Waals surface area contributed by atoms with Gasteiger partial charge < -0.3 is 9.84 Å². The second-order valence-electron chi connectivity index (χ2n) is 23.7. The van der Waals surface area contributed by atoms with Crippen LogP contribution < -0.4 is 0 Å². The summed E-state index contributed by atoms with van der Waals surface area (Å²) in [5.74, 6) is 0.619. The fourth-order valence-corrected chi connectivity index (χ4v) is 13.4. The van der Waals surface area contributed by atoms with E-state index in [1.807, 2.05) is 134 Å². The smallest absolute Gasteiger partial charge is 0.162 e. The lowest BCUT2D eigenvalue weighted by atomic mass is 9.70. The van der Waals surface area contributed by atoms with Crippen LogP contribution in [0, 0.1) is 35.3 Å². The number of ketones is 4. The zero-order chi connectivity index (χ0) is 60.7. The number of aliphatic hydroxyl groups is 1. The summed E-state index contributed by atoms with van der Waals surface area (Å²) in [6, 6.07) is 54.3. The van der Waals surface area contributed by atoms with Crippen molar-refractivity contribution in [2.75, 3.05) is 13.2 Å². The lowest BCUT2D eigenvalue weighted by Crippen LogP contribution is -2.30. The Morgan fingerprint density at radius 1 is 0.460 bits per heavy atom. The Hall–Kier alpha value is -7.60. The lowest BCUT2D eigenvalue weighted by Gasteiger charge is -2.34. The molecule has 0 amide bonds. The van der Waals surface area contributed by atoms with Gasteiger partial charge in [0, 0.05) is 70.7 Å². The van der Waals surface area contributed by atoms with Crippen molar-refractivity contribution in [2.45, 2.75) is 108 Å². The van der Waals surface area contributed by atoms with E-state index in [-0.39, 0.29) is 71.5 Å². The van der Waals surface area contributed by atoms with Gasteiger partial charge in [0.05, 0.1) is 17.6 Å². The molecular formula is C75H72Cl2F2N2O6. The monoisotopic (exact) mass is 1200 g/mol. The molecule has 2 aliphatic carbocycles. The maximum Gasteiger partial charge on any atom is 0.162 e. The van der Waals surface area contributed by atoms with Crippen LogP contribution in [0.3, 0.4) is 0 Å². The summed E-state index contributed by atoms with van der Waals surface area (Å²) in [5, 5.41) is 12.1. The molecule has 11 rings (SSSR count). The Morgan fingerprint density at radius 2 is 0.851 bits per heavy atom. The first-order valence-corrected chi connectivity index (χ1v) is 31.1. The fraction of sp³-hybridized carbons (Fsp3) is 0.307. The largest absolute Gasteiger partial charge is 0.389 e. The number of ether oxygens (including phenoxy) is 1. The SMILES string of the molecule is O=C(CO)Cc1ccc(CC(C(=O)Cc2ccc(Cl)cc2)C2CCC(c3ccnc4ccc(F)cc34)CC2)cc1.O=C(COCc1ccccc1)Cc1ccc(CC(C(=O)Cc2ccc(Cl)cc2)C2CCC(c3ccnc4ccc(F)cc34)CC2)cc1. The van der Waals surface area contributed by atoms with E-state index in [1.165, 1.54) is 12.1 Å². The summed E-state index contributed by atoms with van der Waals surface area (Å²) in [6.07, 6.45) is 13.6. The van der Waals surface area contributed by atoms with Crippen LogP contribution in [0.25, 0.3) is 21.8 Å². The molecule has 7 aromatic carbocycles.